The van der Waals surface area contributed by atoms with Crippen LogP contribution in [0.1, 0.15) is 39.0 Å². The summed E-state index contributed by atoms with van der Waals surface area (Å²) < 4.78 is 43.1. The van der Waals surface area contributed by atoms with Gasteiger partial charge in [0.25, 0.3) is 0 Å². The summed E-state index contributed by atoms with van der Waals surface area (Å²) in [5, 5.41) is 23.9. The molecule has 5 aromatic heterocycles. The highest BCUT2D eigenvalue weighted by molar-refractivity contribution is 7.09. The van der Waals surface area contributed by atoms with Gasteiger partial charge in [0.1, 0.15) is 23.1 Å². The van der Waals surface area contributed by atoms with E-state index in [1.165, 1.54) is 24.3 Å². The van der Waals surface area contributed by atoms with Crippen LogP contribution in [0.3, 0.4) is 0 Å². The molecule has 0 radical (unpaired) electrons. The summed E-state index contributed by atoms with van der Waals surface area (Å²) in [5.74, 6) is 0.797. The molecule has 0 atom stereocenters. The molecular formula is C41H40F2N10O2S. The molecule has 8 rings (SSSR count). The Kier molecular flexibility index (Phi) is 10.2. The number of nitrogens with one attached hydrogen (secondary N) is 1. The van der Waals surface area contributed by atoms with Gasteiger partial charge < -0.3 is 15.2 Å². The minimum absolute atomic E-state index is 0.238. The fourth-order valence-corrected chi connectivity index (χ4v) is 7.79. The number of nitrogens with zero attached hydrogens (tertiary/aromatic N) is 8. The molecule has 12 nitrogen and oxygen atoms in total. The smallest absolute Gasteiger partial charge is 0.160 e. The number of H-pyrrole nitrogens is 1. The van der Waals surface area contributed by atoms with Crippen molar-refractivity contribution < 1.29 is 18.3 Å². The van der Waals surface area contributed by atoms with Gasteiger partial charge in [0.05, 0.1) is 60.1 Å². The second kappa shape index (κ2) is 15.5. The third-order valence-electron chi connectivity index (χ3n) is 9.97. The number of rotatable bonds is 14. The van der Waals surface area contributed by atoms with Crippen molar-refractivity contribution in [2.45, 2.75) is 46.7 Å². The number of hydrogen-bond donors (Lipinski definition) is 2. The van der Waals surface area contributed by atoms with Crippen LogP contribution in [0.2, 0.25) is 0 Å². The molecule has 0 bridgehead atoms. The van der Waals surface area contributed by atoms with Crippen LogP contribution in [-0.2, 0) is 25.9 Å². The lowest BCUT2D eigenvalue weighted by Gasteiger charge is -2.20. The average molecular weight is 775 g/mol. The maximum atomic E-state index is 14.5. The molecule has 0 unspecified atom stereocenters. The van der Waals surface area contributed by atoms with Crippen LogP contribution in [0.4, 0.5) is 8.78 Å². The first-order chi connectivity index (χ1) is 27.2. The van der Waals surface area contributed by atoms with E-state index in [0.29, 0.717) is 55.6 Å². The molecule has 8 aromatic rings. The number of aryl methyl sites for hydroxylation is 2. The predicted molar refractivity (Wildman–Crippen MR) is 213 cm³/mol. The number of ether oxygens (including phenoxy) is 2. The first kappa shape index (κ1) is 36.8. The third kappa shape index (κ3) is 7.30. The summed E-state index contributed by atoms with van der Waals surface area (Å²) in [5.41, 5.74) is 17.2. The van der Waals surface area contributed by atoms with Gasteiger partial charge in [0.15, 0.2) is 11.5 Å². The molecule has 0 saturated carbocycles. The van der Waals surface area contributed by atoms with E-state index < -0.39 is 0 Å². The van der Waals surface area contributed by atoms with E-state index in [1.54, 1.807) is 23.5 Å². The zero-order valence-corrected chi connectivity index (χ0v) is 32.2. The van der Waals surface area contributed by atoms with Crippen molar-refractivity contribution in [3.8, 4) is 33.8 Å². The van der Waals surface area contributed by atoms with Crippen molar-refractivity contribution in [3.63, 3.8) is 0 Å². The first-order valence-electron chi connectivity index (χ1n) is 18.2. The second-order valence-corrected chi connectivity index (χ2v) is 14.5. The van der Waals surface area contributed by atoms with Gasteiger partial charge in [0.2, 0.25) is 0 Å². The van der Waals surface area contributed by atoms with Crippen LogP contribution in [0.5, 0.6) is 11.5 Å². The third-order valence-corrected chi connectivity index (χ3v) is 11.0. The van der Waals surface area contributed by atoms with Crippen molar-refractivity contribution in [2.24, 2.45) is 5.73 Å². The summed E-state index contributed by atoms with van der Waals surface area (Å²) >= 11 is 1.59. The molecule has 286 valence electrons. The zero-order chi connectivity index (χ0) is 38.9. The molecule has 0 aliphatic rings. The van der Waals surface area contributed by atoms with Gasteiger partial charge in [-0.05, 0) is 74.9 Å². The van der Waals surface area contributed by atoms with Crippen LogP contribution >= 0.6 is 11.3 Å². The fourth-order valence-electron chi connectivity index (χ4n) is 7.03. The monoisotopic (exact) mass is 774 g/mol. The number of aromatic amines is 1. The standard InChI is InChI=1S/C41H40F2N10O2S/c1-24-31(13-15-54-38-19-30(43)8-10-33(38)28-6-12-40-48-49-41(20-44)52(40)21-28)26(3)53(50-24)51(4)22-36-34-17-27(5-11-35(34)46-47-36)32-9-7-29(42)18-37(32)55-16-14-39-25(2)45-23-56-39/h5-12,17-19,21,23H,13-16,20,22,44H2,1-4H3,(H,46,47). The second-order valence-electron chi connectivity index (χ2n) is 13.6. The normalized spacial score (nSPS) is 11.6. The number of thiazole rings is 1. The van der Waals surface area contributed by atoms with Gasteiger partial charge in [0, 0.05) is 70.7 Å². The maximum absolute atomic E-state index is 14.5. The molecule has 0 fully saturated rings. The predicted octanol–water partition coefficient (Wildman–Crippen LogP) is 7.27. The Morgan fingerprint density at radius 3 is 2.27 bits per heavy atom. The quantitative estimate of drug-likeness (QED) is 0.117. The molecule has 0 amide bonds. The molecule has 3 aromatic carbocycles. The molecule has 3 N–H and O–H groups in total. The van der Waals surface area contributed by atoms with Crippen molar-refractivity contribution >= 4 is 27.9 Å². The van der Waals surface area contributed by atoms with Gasteiger partial charge in [-0.2, -0.15) is 15.0 Å². The number of halogens is 2. The van der Waals surface area contributed by atoms with Gasteiger partial charge >= 0.3 is 0 Å². The van der Waals surface area contributed by atoms with Crippen LogP contribution in [-0.4, -0.2) is 59.9 Å². The van der Waals surface area contributed by atoms with Gasteiger partial charge in [-0.15, -0.1) is 21.5 Å². The van der Waals surface area contributed by atoms with Crippen molar-refractivity contribution in [1.29, 1.82) is 0 Å². The number of benzene rings is 3. The molecule has 15 heteroatoms. The summed E-state index contributed by atoms with van der Waals surface area (Å²) in [6.45, 7) is 7.41. The van der Waals surface area contributed by atoms with Gasteiger partial charge in [-0.25, -0.2) is 13.8 Å². The van der Waals surface area contributed by atoms with Crippen LogP contribution in [0.15, 0.2) is 78.4 Å². The van der Waals surface area contributed by atoms with Crippen LogP contribution in [0, 0.1) is 32.4 Å². The van der Waals surface area contributed by atoms with Crippen LogP contribution < -0.4 is 20.2 Å². The average Bonchev–Trinajstić information content (AvgIpc) is 3.97. The van der Waals surface area contributed by atoms with Gasteiger partial charge in [-0.1, -0.05) is 6.07 Å². The van der Waals surface area contributed by atoms with E-state index in [-0.39, 0.29) is 18.2 Å². The summed E-state index contributed by atoms with van der Waals surface area (Å²) in [6.07, 6.45) is 3.14. The summed E-state index contributed by atoms with van der Waals surface area (Å²) in [7, 11) is 1.97. The lowest BCUT2D eigenvalue weighted by atomic mass is 10.0. The molecule has 0 aliphatic carbocycles. The van der Waals surface area contributed by atoms with E-state index >= 15 is 0 Å². The minimum Gasteiger partial charge on any atom is -0.492 e. The zero-order valence-electron chi connectivity index (χ0n) is 31.4. The Bertz CT molecular complexity index is 2680. The Labute approximate surface area is 325 Å². The van der Waals surface area contributed by atoms with Crippen molar-refractivity contribution in [3.05, 3.63) is 129 Å². The Hall–Kier alpha value is -6.19. The highest BCUT2D eigenvalue weighted by Gasteiger charge is 2.19. The number of nitrogens with two attached hydrogens (primary N) is 1. The van der Waals surface area contributed by atoms with E-state index in [9.17, 15) is 8.78 Å². The van der Waals surface area contributed by atoms with E-state index in [1.807, 2.05) is 78.0 Å². The van der Waals surface area contributed by atoms with E-state index in [0.717, 1.165) is 66.4 Å². The van der Waals surface area contributed by atoms with Crippen molar-refractivity contribution in [1.82, 2.24) is 39.7 Å². The molecule has 0 aliphatic heterocycles. The number of pyridine rings is 1. The van der Waals surface area contributed by atoms with E-state index in [4.69, 9.17) is 20.3 Å². The fraction of sp³-hybridized carbons (Fsp3) is 0.244. The minimum atomic E-state index is -0.388. The van der Waals surface area contributed by atoms with Gasteiger partial charge in [-0.3, -0.25) is 14.5 Å². The lowest BCUT2D eigenvalue weighted by molar-refractivity contribution is 0.321. The molecular weight excluding hydrogens is 735 g/mol. The largest absolute Gasteiger partial charge is 0.492 e. The van der Waals surface area contributed by atoms with E-state index in [2.05, 4.69) is 31.4 Å². The first-order valence-corrected chi connectivity index (χ1v) is 19.1. The Balaban J connectivity index is 0.972. The molecule has 56 heavy (non-hydrogen) atoms. The topological polar surface area (TPSA) is 137 Å². The molecule has 5 heterocycles. The highest BCUT2D eigenvalue weighted by Crippen LogP contribution is 2.34. The number of hydrogen-bond acceptors (Lipinski definition) is 10. The number of fused-ring (bicyclic) bond motifs is 2. The lowest BCUT2D eigenvalue weighted by Crippen LogP contribution is -2.32. The summed E-state index contributed by atoms with van der Waals surface area (Å²) in [4.78, 5) is 7.35. The molecule has 0 saturated heterocycles. The molecule has 0 spiro atoms. The maximum Gasteiger partial charge on any atom is 0.160 e. The van der Waals surface area contributed by atoms with Crippen LogP contribution in [0.25, 0.3) is 38.8 Å². The SMILES string of the molecule is Cc1ncsc1CCOc1cc(F)ccc1-c1ccc2n[nH]c(CN(C)n3nc(C)c(CCOc4cc(F)ccc4-c4ccc5nnc(CN)n5c4)c3C)c2c1. The van der Waals surface area contributed by atoms with Crippen molar-refractivity contribution in [2.75, 3.05) is 25.3 Å². The Morgan fingerprint density at radius 1 is 0.839 bits per heavy atom. The summed E-state index contributed by atoms with van der Waals surface area (Å²) in [6, 6.07) is 18.9. The Morgan fingerprint density at radius 2 is 1.55 bits per heavy atom. The number of aromatic nitrogens is 8. The highest BCUT2D eigenvalue weighted by atomic mass is 32.1.